The summed E-state index contributed by atoms with van der Waals surface area (Å²) in [6, 6.07) is 0.226. The minimum absolute atomic E-state index is 0.226. The Balaban J connectivity index is 2.80. The lowest BCUT2D eigenvalue weighted by atomic mass is 10.2. The van der Waals surface area contributed by atoms with Gasteiger partial charge in [-0.25, -0.2) is 4.67 Å². The first-order valence-electron chi connectivity index (χ1n) is 3.77. The molecule has 12 heavy (non-hydrogen) atoms. The van der Waals surface area contributed by atoms with E-state index in [9.17, 15) is 0 Å². The molecule has 0 amide bonds. The fourth-order valence-corrected chi connectivity index (χ4v) is 6.26. The van der Waals surface area contributed by atoms with Gasteiger partial charge in [-0.3, -0.25) is 5.09 Å². The molecule has 1 aliphatic rings. The Labute approximate surface area is 83.3 Å². The molecule has 1 N–H and O–H groups in total. The summed E-state index contributed by atoms with van der Waals surface area (Å²) in [5.74, 6) is 3.86. The Hall–Kier alpha value is 0.480. The van der Waals surface area contributed by atoms with Crippen LogP contribution < -0.4 is 5.09 Å². The summed E-state index contributed by atoms with van der Waals surface area (Å²) in [6.45, 7) is 0. The summed E-state index contributed by atoms with van der Waals surface area (Å²) in [5, 5.41) is 3.21. The Morgan fingerprint density at radius 1 is 1.83 bits per heavy atom. The van der Waals surface area contributed by atoms with Crippen LogP contribution in [-0.2, 0) is 11.8 Å². The van der Waals surface area contributed by atoms with Crippen molar-refractivity contribution in [2.75, 3.05) is 19.8 Å². The third kappa shape index (κ3) is 1.86. The van der Waals surface area contributed by atoms with Gasteiger partial charge in [0.1, 0.15) is 5.54 Å². The van der Waals surface area contributed by atoms with E-state index < -0.39 is 5.54 Å². The summed E-state index contributed by atoms with van der Waals surface area (Å²) in [4.78, 5) is 0. The van der Waals surface area contributed by atoms with Crippen molar-refractivity contribution in [3.8, 4) is 12.3 Å². The van der Waals surface area contributed by atoms with E-state index in [1.807, 2.05) is 25.5 Å². The topological polar surface area (TPSA) is 15.3 Å². The molecule has 2 unspecified atom stereocenters. The van der Waals surface area contributed by atoms with Gasteiger partial charge in [0.15, 0.2) is 0 Å². The molecular formula is C7H13N2PS2. The van der Waals surface area contributed by atoms with Gasteiger partial charge in [-0.1, -0.05) is 29.1 Å². The normalized spacial score (nSPS) is 37.6. The van der Waals surface area contributed by atoms with E-state index in [1.165, 1.54) is 0 Å². The molecule has 0 saturated carbocycles. The lowest BCUT2D eigenvalue weighted by Gasteiger charge is -2.38. The van der Waals surface area contributed by atoms with E-state index in [-0.39, 0.29) is 6.04 Å². The molecule has 5 heteroatoms. The van der Waals surface area contributed by atoms with Gasteiger partial charge in [0.2, 0.25) is 0 Å². The van der Waals surface area contributed by atoms with E-state index in [2.05, 4.69) is 15.7 Å². The van der Waals surface area contributed by atoms with Gasteiger partial charge in [0.05, 0.1) is 6.04 Å². The van der Waals surface area contributed by atoms with Crippen LogP contribution in [0.5, 0.6) is 0 Å². The molecule has 2 nitrogen and oxygen atoms in total. The number of hydrogen-bond acceptors (Lipinski definition) is 2. The van der Waals surface area contributed by atoms with Crippen LogP contribution in [-0.4, -0.2) is 30.6 Å². The van der Waals surface area contributed by atoms with Gasteiger partial charge in [-0.15, -0.1) is 6.42 Å². The molecule has 68 valence electrons. The van der Waals surface area contributed by atoms with Crippen LogP contribution in [0, 0.1) is 12.3 Å². The average molecular weight is 220 g/mol. The van der Waals surface area contributed by atoms with Crippen molar-refractivity contribution in [3.63, 3.8) is 0 Å². The smallest absolute Gasteiger partial charge is 0.130 e. The maximum atomic E-state index is 5.51. The molecule has 1 rings (SSSR count). The summed E-state index contributed by atoms with van der Waals surface area (Å²) < 4.78 is 2.15. The number of nitrogens with one attached hydrogen (secondary N) is 1. The molecular weight excluding hydrogens is 207 g/mol. The third-order valence-corrected chi connectivity index (χ3v) is 9.63. The molecule has 0 aliphatic carbocycles. The Morgan fingerprint density at radius 2 is 2.50 bits per heavy atom. The maximum absolute atomic E-state index is 5.51. The van der Waals surface area contributed by atoms with E-state index in [4.69, 9.17) is 18.2 Å². The predicted molar refractivity (Wildman–Crippen MR) is 60.8 cm³/mol. The van der Waals surface area contributed by atoms with Crippen LogP contribution in [0.2, 0.25) is 0 Å². The second-order valence-electron chi connectivity index (χ2n) is 2.62. The zero-order valence-electron chi connectivity index (χ0n) is 7.28. The van der Waals surface area contributed by atoms with E-state index in [0.717, 1.165) is 12.2 Å². The first-order chi connectivity index (χ1) is 5.64. The predicted octanol–water partition coefficient (Wildman–Crippen LogP) is 1.50. The molecule has 1 aliphatic heterocycles. The highest BCUT2D eigenvalue weighted by Gasteiger charge is 2.31. The molecule has 1 heterocycles. The summed E-state index contributed by atoms with van der Waals surface area (Å²) in [5.41, 5.74) is -1.57. The van der Waals surface area contributed by atoms with E-state index in [0.29, 0.717) is 0 Å². The largest absolute Gasteiger partial charge is 0.272 e. The number of hydrogen-bond donors (Lipinski definition) is 1. The van der Waals surface area contributed by atoms with Crippen molar-refractivity contribution in [2.24, 2.45) is 0 Å². The van der Waals surface area contributed by atoms with Gasteiger partial charge in [-0.2, -0.15) is 0 Å². The van der Waals surface area contributed by atoms with Crippen LogP contribution in [0.4, 0.5) is 0 Å². The molecule has 0 aromatic heterocycles. The standard InChI is InChI=1S/C7H13N2PS2/c1-4-7-5-6-12-10(11,8-2)9(7)3/h1,7H,5-6H2,2-3H3,(H,8,11). The van der Waals surface area contributed by atoms with Crippen molar-refractivity contribution in [1.29, 1.82) is 0 Å². The minimum Gasteiger partial charge on any atom is -0.272 e. The highest BCUT2D eigenvalue weighted by atomic mass is 32.9. The molecule has 1 fully saturated rings. The van der Waals surface area contributed by atoms with Gasteiger partial charge < -0.3 is 0 Å². The summed E-state index contributed by atoms with van der Waals surface area (Å²) >= 11 is 7.35. The molecule has 0 spiro atoms. The van der Waals surface area contributed by atoms with Gasteiger partial charge in [-0.05, 0) is 20.5 Å². The SMILES string of the molecule is C#CC1CCSP(=S)(NC)N1C. The van der Waals surface area contributed by atoms with Crippen LogP contribution >= 0.6 is 16.9 Å². The fourth-order valence-electron chi connectivity index (χ4n) is 1.16. The second-order valence-corrected chi connectivity index (χ2v) is 10.0. The fraction of sp³-hybridized carbons (Fsp3) is 0.714. The van der Waals surface area contributed by atoms with Crippen molar-refractivity contribution >= 4 is 28.7 Å². The van der Waals surface area contributed by atoms with Crippen molar-refractivity contribution < 1.29 is 0 Å². The zero-order valence-corrected chi connectivity index (χ0v) is 9.81. The Bertz CT molecular complexity index is 248. The average Bonchev–Trinajstić information content (AvgIpc) is 2.10. The Kier molecular flexibility index (Phi) is 3.63. The van der Waals surface area contributed by atoms with Crippen molar-refractivity contribution in [3.05, 3.63) is 0 Å². The quantitative estimate of drug-likeness (QED) is 0.532. The second kappa shape index (κ2) is 4.13. The van der Waals surface area contributed by atoms with Crippen molar-refractivity contribution in [1.82, 2.24) is 9.76 Å². The maximum Gasteiger partial charge on any atom is 0.130 e. The molecule has 1 saturated heterocycles. The number of nitrogens with zero attached hydrogens (tertiary/aromatic N) is 1. The first kappa shape index (κ1) is 10.6. The zero-order chi connectivity index (χ0) is 9.19. The number of rotatable bonds is 1. The van der Waals surface area contributed by atoms with E-state index in [1.54, 1.807) is 0 Å². The van der Waals surface area contributed by atoms with Crippen LogP contribution in [0.1, 0.15) is 6.42 Å². The lowest BCUT2D eigenvalue weighted by Crippen LogP contribution is -2.34. The minimum atomic E-state index is -1.57. The molecule has 0 radical (unpaired) electrons. The monoisotopic (exact) mass is 220 g/mol. The highest BCUT2D eigenvalue weighted by molar-refractivity contribution is 8.69. The lowest BCUT2D eigenvalue weighted by molar-refractivity contribution is 0.461. The molecule has 0 aromatic rings. The molecule has 2 atom stereocenters. The summed E-state index contributed by atoms with van der Waals surface area (Å²) in [6.07, 6.45) is 6.47. The molecule has 0 bridgehead atoms. The van der Waals surface area contributed by atoms with Crippen LogP contribution in [0.3, 0.4) is 0 Å². The third-order valence-electron chi connectivity index (χ3n) is 2.00. The van der Waals surface area contributed by atoms with Crippen LogP contribution in [0.15, 0.2) is 0 Å². The highest BCUT2D eigenvalue weighted by Crippen LogP contribution is 2.60. The van der Waals surface area contributed by atoms with Crippen molar-refractivity contribution in [2.45, 2.75) is 12.5 Å². The number of terminal acetylenes is 1. The van der Waals surface area contributed by atoms with E-state index >= 15 is 0 Å². The Morgan fingerprint density at radius 3 is 3.00 bits per heavy atom. The van der Waals surface area contributed by atoms with Crippen LogP contribution in [0.25, 0.3) is 0 Å². The first-order valence-corrected chi connectivity index (χ1v) is 8.11. The molecule has 0 aromatic carbocycles. The van der Waals surface area contributed by atoms with Gasteiger partial charge >= 0.3 is 0 Å². The van der Waals surface area contributed by atoms with Gasteiger partial charge in [0, 0.05) is 5.75 Å². The summed E-state index contributed by atoms with van der Waals surface area (Å²) in [7, 11) is 3.94. The van der Waals surface area contributed by atoms with Gasteiger partial charge in [0.25, 0.3) is 0 Å².